The Bertz CT molecular complexity index is 521. The molecule has 114 valence electrons. The Balaban J connectivity index is 1.79. The third-order valence-corrected chi connectivity index (χ3v) is 3.99. The van der Waals surface area contributed by atoms with Crippen molar-refractivity contribution in [2.24, 2.45) is 11.7 Å². The van der Waals surface area contributed by atoms with Gasteiger partial charge in [0.25, 0.3) is 0 Å². The number of carbonyl (C=O) groups is 2. The number of nitrogens with two attached hydrogens (primary N) is 1. The zero-order valence-corrected chi connectivity index (χ0v) is 12.5. The van der Waals surface area contributed by atoms with E-state index in [1.54, 1.807) is 11.0 Å². The molecule has 0 aromatic heterocycles. The highest BCUT2D eigenvalue weighted by Crippen LogP contribution is 2.17. The summed E-state index contributed by atoms with van der Waals surface area (Å²) in [4.78, 5) is 24.9. The fourth-order valence-electron chi connectivity index (χ4n) is 2.39. The van der Waals surface area contributed by atoms with Gasteiger partial charge >= 0.3 is 0 Å². The van der Waals surface area contributed by atoms with Crippen molar-refractivity contribution in [3.05, 3.63) is 34.9 Å². The summed E-state index contributed by atoms with van der Waals surface area (Å²) in [6.07, 6.45) is 1.55. The van der Waals surface area contributed by atoms with Crippen LogP contribution in [0.2, 0.25) is 5.02 Å². The Morgan fingerprint density at radius 2 is 2.14 bits per heavy atom. The fourth-order valence-corrected chi connectivity index (χ4v) is 2.58. The number of carbonyl (C=O) groups excluding carboxylic acids is 2. The molecular weight excluding hydrogens is 292 g/mol. The van der Waals surface area contributed by atoms with Crippen molar-refractivity contribution in [2.75, 3.05) is 19.7 Å². The second kappa shape index (κ2) is 7.43. The molecule has 1 unspecified atom stereocenters. The van der Waals surface area contributed by atoms with Gasteiger partial charge in [-0.2, -0.15) is 0 Å². The third-order valence-electron chi connectivity index (χ3n) is 3.62. The Labute approximate surface area is 129 Å². The topological polar surface area (TPSA) is 72.6 Å². The Hall–Kier alpha value is -1.59. The van der Waals surface area contributed by atoms with E-state index >= 15 is 0 Å². The van der Waals surface area contributed by atoms with Crippen LogP contribution in [0.5, 0.6) is 0 Å². The molecule has 2 amide bonds. The minimum absolute atomic E-state index is 0.0172. The van der Waals surface area contributed by atoms with Crippen LogP contribution in [-0.2, 0) is 20.9 Å². The quantitative estimate of drug-likeness (QED) is 0.897. The van der Waals surface area contributed by atoms with Crippen LogP contribution in [0.1, 0.15) is 18.4 Å². The lowest BCUT2D eigenvalue weighted by Gasteiger charge is -2.31. The molecule has 1 aromatic carbocycles. The number of hydrogen-bond donors (Lipinski definition) is 1. The van der Waals surface area contributed by atoms with Crippen LogP contribution in [0.15, 0.2) is 24.3 Å². The monoisotopic (exact) mass is 310 g/mol. The number of benzene rings is 1. The van der Waals surface area contributed by atoms with E-state index in [1.165, 1.54) is 0 Å². The predicted molar refractivity (Wildman–Crippen MR) is 79.6 cm³/mol. The number of likely N-dealkylation sites (tertiary alicyclic amines) is 1. The van der Waals surface area contributed by atoms with Gasteiger partial charge in [-0.1, -0.05) is 29.8 Å². The standard InChI is InChI=1S/C15H19ClN2O3/c16-13-6-2-1-4-12(13)9-21-10-14(19)18-7-3-5-11(8-18)15(17)20/h1-2,4,6,11H,3,5,7-10H2,(H2,17,20). The first-order chi connectivity index (χ1) is 10.1. The number of amides is 2. The van der Waals surface area contributed by atoms with Crippen molar-refractivity contribution < 1.29 is 14.3 Å². The molecule has 5 nitrogen and oxygen atoms in total. The van der Waals surface area contributed by atoms with E-state index in [0.717, 1.165) is 18.4 Å². The maximum absolute atomic E-state index is 12.1. The van der Waals surface area contributed by atoms with Crippen LogP contribution < -0.4 is 5.73 Å². The Kier molecular flexibility index (Phi) is 5.59. The number of piperidine rings is 1. The lowest BCUT2D eigenvalue weighted by atomic mass is 9.97. The average Bonchev–Trinajstić information content (AvgIpc) is 2.49. The van der Waals surface area contributed by atoms with Crippen molar-refractivity contribution in [1.82, 2.24) is 4.90 Å². The number of halogens is 1. The molecule has 6 heteroatoms. The highest BCUT2D eigenvalue weighted by molar-refractivity contribution is 6.31. The molecule has 0 bridgehead atoms. The highest BCUT2D eigenvalue weighted by Gasteiger charge is 2.26. The van der Waals surface area contributed by atoms with Gasteiger partial charge in [0.1, 0.15) is 6.61 Å². The van der Waals surface area contributed by atoms with Crippen LogP contribution in [0, 0.1) is 5.92 Å². The third kappa shape index (κ3) is 4.44. The highest BCUT2D eigenvalue weighted by atomic mass is 35.5. The van der Waals surface area contributed by atoms with E-state index in [0.29, 0.717) is 24.7 Å². The maximum atomic E-state index is 12.1. The lowest BCUT2D eigenvalue weighted by Crippen LogP contribution is -2.45. The summed E-state index contributed by atoms with van der Waals surface area (Å²) in [6.45, 7) is 1.32. The van der Waals surface area contributed by atoms with Gasteiger partial charge in [0.05, 0.1) is 12.5 Å². The Morgan fingerprint density at radius 1 is 1.38 bits per heavy atom. The van der Waals surface area contributed by atoms with E-state index in [2.05, 4.69) is 0 Å². The number of primary amides is 1. The fraction of sp³-hybridized carbons (Fsp3) is 0.467. The molecule has 1 aliphatic rings. The summed E-state index contributed by atoms with van der Waals surface area (Å²) < 4.78 is 5.42. The zero-order valence-electron chi connectivity index (χ0n) is 11.8. The minimum Gasteiger partial charge on any atom is -0.369 e. The summed E-state index contributed by atoms with van der Waals surface area (Å²) >= 11 is 6.02. The molecule has 0 spiro atoms. The summed E-state index contributed by atoms with van der Waals surface area (Å²) in [5, 5.41) is 0.622. The first-order valence-corrected chi connectivity index (χ1v) is 7.34. The van der Waals surface area contributed by atoms with Gasteiger partial charge in [0, 0.05) is 18.1 Å². The van der Waals surface area contributed by atoms with Crippen LogP contribution >= 0.6 is 11.6 Å². The van der Waals surface area contributed by atoms with Crippen molar-refractivity contribution >= 4 is 23.4 Å². The van der Waals surface area contributed by atoms with E-state index in [9.17, 15) is 9.59 Å². The van der Waals surface area contributed by atoms with Gasteiger partial charge in [-0.3, -0.25) is 9.59 Å². The van der Waals surface area contributed by atoms with Crippen molar-refractivity contribution in [3.63, 3.8) is 0 Å². The molecule has 1 saturated heterocycles. The van der Waals surface area contributed by atoms with Gasteiger partial charge in [-0.15, -0.1) is 0 Å². The molecule has 1 heterocycles. The smallest absolute Gasteiger partial charge is 0.248 e. The second-order valence-electron chi connectivity index (χ2n) is 5.17. The average molecular weight is 311 g/mol. The largest absolute Gasteiger partial charge is 0.369 e. The molecule has 1 aliphatic heterocycles. The van der Waals surface area contributed by atoms with Gasteiger partial charge < -0.3 is 15.4 Å². The molecule has 1 aromatic rings. The van der Waals surface area contributed by atoms with E-state index in [-0.39, 0.29) is 24.3 Å². The number of hydrogen-bond acceptors (Lipinski definition) is 3. The van der Waals surface area contributed by atoms with Crippen molar-refractivity contribution in [1.29, 1.82) is 0 Å². The zero-order chi connectivity index (χ0) is 15.2. The normalized spacial score (nSPS) is 18.5. The lowest BCUT2D eigenvalue weighted by molar-refractivity contribution is -0.139. The summed E-state index contributed by atoms with van der Waals surface area (Å²) in [7, 11) is 0. The van der Waals surface area contributed by atoms with Crippen LogP contribution in [0.25, 0.3) is 0 Å². The first kappa shape index (κ1) is 15.8. The molecule has 1 atom stereocenters. The van der Waals surface area contributed by atoms with Gasteiger partial charge in [0.2, 0.25) is 11.8 Å². The summed E-state index contributed by atoms with van der Waals surface area (Å²) in [5.74, 6) is -0.705. The molecule has 2 rings (SSSR count). The van der Waals surface area contributed by atoms with E-state index in [4.69, 9.17) is 22.1 Å². The van der Waals surface area contributed by atoms with Crippen LogP contribution in [0.4, 0.5) is 0 Å². The van der Waals surface area contributed by atoms with Crippen molar-refractivity contribution in [2.45, 2.75) is 19.4 Å². The summed E-state index contributed by atoms with van der Waals surface area (Å²) in [5.41, 5.74) is 6.15. The number of rotatable bonds is 5. The first-order valence-electron chi connectivity index (χ1n) is 6.96. The molecule has 21 heavy (non-hydrogen) atoms. The molecule has 0 radical (unpaired) electrons. The van der Waals surface area contributed by atoms with Gasteiger partial charge in [-0.25, -0.2) is 0 Å². The molecule has 2 N–H and O–H groups in total. The van der Waals surface area contributed by atoms with E-state index in [1.807, 2.05) is 18.2 Å². The predicted octanol–water partition coefficient (Wildman–Crippen LogP) is 1.58. The minimum atomic E-state index is -0.343. The molecule has 0 aliphatic carbocycles. The van der Waals surface area contributed by atoms with Gasteiger partial charge in [0.15, 0.2) is 0 Å². The number of ether oxygens (including phenoxy) is 1. The molecule has 0 saturated carbocycles. The van der Waals surface area contributed by atoms with E-state index < -0.39 is 0 Å². The van der Waals surface area contributed by atoms with Crippen LogP contribution in [0.3, 0.4) is 0 Å². The maximum Gasteiger partial charge on any atom is 0.248 e. The number of nitrogens with zero attached hydrogens (tertiary/aromatic N) is 1. The van der Waals surface area contributed by atoms with Crippen molar-refractivity contribution in [3.8, 4) is 0 Å². The second-order valence-corrected chi connectivity index (χ2v) is 5.57. The molecular formula is C15H19ClN2O3. The SMILES string of the molecule is NC(=O)C1CCCN(C(=O)COCc2ccccc2Cl)C1. The molecule has 1 fully saturated rings. The Morgan fingerprint density at radius 3 is 2.86 bits per heavy atom. The van der Waals surface area contributed by atoms with Gasteiger partial charge in [-0.05, 0) is 24.5 Å². The summed E-state index contributed by atoms with van der Waals surface area (Å²) in [6, 6.07) is 7.35. The van der Waals surface area contributed by atoms with Crippen LogP contribution in [-0.4, -0.2) is 36.4 Å².